The number of hydrogen-bond acceptors (Lipinski definition) is 4. The quantitative estimate of drug-likeness (QED) is 0.843. The van der Waals surface area contributed by atoms with Crippen LogP contribution in [-0.4, -0.2) is 41.2 Å². The maximum Gasteiger partial charge on any atom is 0.242 e. The van der Waals surface area contributed by atoms with Crippen LogP contribution in [0.15, 0.2) is 42.7 Å². The molecule has 7 nitrogen and oxygen atoms in total. The van der Waals surface area contributed by atoms with E-state index in [1.54, 1.807) is 29.0 Å². The molecule has 0 radical (unpaired) electrons. The van der Waals surface area contributed by atoms with Crippen molar-refractivity contribution in [2.45, 2.75) is 18.5 Å². The highest BCUT2D eigenvalue weighted by Crippen LogP contribution is 2.21. The summed E-state index contributed by atoms with van der Waals surface area (Å²) in [4.78, 5) is 26.5. The summed E-state index contributed by atoms with van der Waals surface area (Å²) in [7, 11) is 3.54. The number of amides is 2. The first kappa shape index (κ1) is 16.2. The van der Waals surface area contributed by atoms with Crippen LogP contribution in [0.5, 0.6) is 0 Å². The van der Waals surface area contributed by atoms with Crippen LogP contribution in [0.2, 0.25) is 0 Å². The fraction of sp³-hybridized carbons (Fsp3) is 0.353. The van der Waals surface area contributed by atoms with E-state index in [1.165, 1.54) is 0 Å². The van der Waals surface area contributed by atoms with E-state index in [0.29, 0.717) is 13.0 Å². The first-order chi connectivity index (χ1) is 11.6. The molecule has 2 amide bonds. The Kier molecular flexibility index (Phi) is 4.61. The maximum atomic E-state index is 12.5. The minimum Gasteiger partial charge on any atom is -0.349 e. The molecule has 2 aromatic rings. The van der Waals surface area contributed by atoms with Crippen molar-refractivity contribution >= 4 is 17.5 Å². The van der Waals surface area contributed by atoms with E-state index in [4.69, 9.17) is 0 Å². The van der Waals surface area contributed by atoms with Gasteiger partial charge in [0, 0.05) is 37.5 Å². The molecule has 1 saturated heterocycles. The summed E-state index contributed by atoms with van der Waals surface area (Å²) in [6.07, 6.45) is 3.78. The number of carbonyl (C=O) groups is 2. The fourth-order valence-corrected chi connectivity index (χ4v) is 2.98. The van der Waals surface area contributed by atoms with Gasteiger partial charge in [0.25, 0.3) is 0 Å². The van der Waals surface area contributed by atoms with E-state index in [2.05, 4.69) is 15.7 Å². The average molecular weight is 327 g/mol. The number of nitrogens with one attached hydrogen (secondary N) is 2. The Morgan fingerprint density at radius 3 is 2.71 bits per heavy atom. The van der Waals surface area contributed by atoms with Gasteiger partial charge in [-0.1, -0.05) is 18.2 Å². The van der Waals surface area contributed by atoms with Gasteiger partial charge < -0.3 is 15.5 Å². The summed E-state index contributed by atoms with van der Waals surface area (Å²) in [6, 6.07) is 8.82. The third kappa shape index (κ3) is 3.30. The van der Waals surface area contributed by atoms with Gasteiger partial charge in [-0.15, -0.1) is 0 Å². The highest BCUT2D eigenvalue weighted by Gasteiger charge is 2.33. The van der Waals surface area contributed by atoms with Crippen molar-refractivity contribution in [2.24, 2.45) is 7.05 Å². The molecule has 0 spiro atoms. The van der Waals surface area contributed by atoms with Crippen LogP contribution in [0.3, 0.4) is 0 Å². The van der Waals surface area contributed by atoms with Gasteiger partial charge in [0.15, 0.2) is 0 Å². The van der Waals surface area contributed by atoms with E-state index in [-0.39, 0.29) is 17.9 Å². The normalized spacial score (nSPS) is 18.7. The van der Waals surface area contributed by atoms with Gasteiger partial charge in [-0.05, 0) is 19.2 Å². The Morgan fingerprint density at radius 1 is 1.33 bits per heavy atom. The molecule has 7 heteroatoms. The van der Waals surface area contributed by atoms with E-state index in [9.17, 15) is 9.59 Å². The Morgan fingerprint density at radius 2 is 2.08 bits per heavy atom. The molecule has 1 aliphatic heterocycles. The minimum atomic E-state index is -0.487. The SMILES string of the molecule is CNC(C(=O)NC1CC(=O)N(c2ccccc2)C1)c1cnn(C)c1. The summed E-state index contributed by atoms with van der Waals surface area (Å²) in [5.41, 5.74) is 1.65. The number of para-hydroxylation sites is 1. The van der Waals surface area contributed by atoms with Crippen molar-refractivity contribution in [1.29, 1.82) is 0 Å². The van der Waals surface area contributed by atoms with Crippen LogP contribution in [0.4, 0.5) is 5.69 Å². The molecule has 1 fully saturated rings. The lowest BCUT2D eigenvalue weighted by molar-refractivity contribution is -0.123. The molecule has 2 atom stereocenters. The number of hydrogen-bond donors (Lipinski definition) is 2. The smallest absolute Gasteiger partial charge is 0.242 e. The summed E-state index contributed by atoms with van der Waals surface area (Å²) < 4.78 is 1.66. The lowest BCUT2D eigenvalue weighted by atomic mass is 10.1. The number of aromatic nitrogens is 2. The van der Waals surface area contributed by atoms with Crippen molar-refractivity contribution in [2.75, 3.05) is 18.5 Å². The zero-order valence-corrected chi connectivity index (χ0v) is 13.8. The van der Waals surface area contributed by atoms with Crippen molar-refractivity contribution < 1.29 is 9.59 Å². The Bertz CT molecular complexity index is 728. The topological polar surface area (TPSA) is 79.3 Å². The second-order valence-corrected chi connectivity index (χ2v) is 5.92. The molecule has 126 valence electrons. The molecule has 1 aliphatic rings. The summed E-state index contributed by atoms with van der Waals surface area (Å²) in [5, 5.41) is 10.1. The fourth-order valence-electron chi connectivity index (χ4n) is 2.98. The maximum absolute atomic E-state index is 12.5. The third-order valence-corrected chi connectivity index (χ3v) is 4.15. The standard InChI is InChI=1S/C17H21N5O2/c1-18-16(12-9-19-21(2)10-12)17(24)20-13-8-15(23)22(11-13)14-6-4-3-5-7-14/h3-7,9-10,13,16,18H,8,11H2,1-2H3,(H,20,24). The van der Waals surface area contributed by atoms with Gasteiger partial charge in [0.1, 0.15) is 6.04 Å². The number of anilines is 1. The van der Waals surface area contributed by atoms with Crippen LogP contribution >= 0.6 is 0 Å². The molecule has 2 N–H and O–H groups in total. The van der Waals surface area contributed by atoms with Gasteiger partial charge in [-0.25, -0.2) is 0 Å². The molecular formula is C17H21N5O2. The molecule has 0 aliphatic carbocycles. The molecule has 1 aromatic carbocycles. The minimum absolute atomic E-state index is 0.0221. The van der Waals surface area contributed by atoms with E-state index >= 15 is 0 Å². The zero-order valence-electron chi connectivity index (χ0n) is 13.8. The van der Waals surface area contributed by atoms with E-state index < -0.39 is 6.04 Å². The molecular weight excluding hydrogens is 306 g/mol. The Hall–Kier alpha value is -2.67. The Balaban J connectivity index is 1.66. The third-order valence-electron chi connectivity index (χ3n) is 4.15. The first-order valence-electron chi connectivity index (χ1n) is 7.90. The van der Waals surface area contributed by atoms with Crippen LogP contribution in [0.1, 0.15) is 18.0 Å². The molecule has 0 saturated carbocycles. The van der Waals surface area contributed by atoms with Crippen LogP contribution < -0.4 is 15.5 Å². The summed E-state index contributed by atoms with van der Waals surface area (Å²) >= 11 is 0. The zero-order chi connectivity index (χ0) is 17.1. The highest BCUT2D eigenvalue weighted by atomic mass is 16.2. The lowest BCUT2D eigenvalue weighted by Gasteiger charge is -2.19. The number of benzene rings is 1. The van der Waals surface area contributed by atoms with Gasteiger partial charge in [0.2, 0.25) is 11.8 Å². The largest absolute Gasteiger partial charge is 0.349 e. The number of nitrogens with zero attached hydrogens (tertiary/aromatic N) is 3. The number of rotatable bonds is 5. The highest BCUT2D eigenvalue weighted by molar-refractivity contribution is 5.97. The molecule has 1 aromatic heterocycles. The van der Waals surface area contributed by atoms with Crippen LogP contribution in [-0.2, 0) is 16.6 Å². The second-order valence-electron chi connectivity index (χ2n) is 5.92. The second kappa shape index (κ2) is 6.84. The van der Waals surface area contributed by atoms with Crippen molar-refractivity contribution in [3.63, 3.8) is 0 Å². The predicted molar refractivity (Wildman–Crippen MR) is 90.4 cm³/mol. The van der Waals surface area contributed by atoms with Gasteiger partial charge >= 0.3 is 0 Å². The number of carbonyl (C=O) groups excluding carboxylic acids is 2. The average Bonchev–Trinajstić information content (AvgIpc) is 3.15. The first-order valence-corrected chi connectivity index (χ1v) is 7.90. The van der Waals surface area contributed by atoms with Crippen LogP contribution in [0, 0.1) is 0 Å². The summed E-state index contributed by atoms with van der Waals surface area (Å²) in [5.74, 6) is -0.132. The molecule has 0 bridgehead atoms. The number of aryl methyl sites for hydroxylation is 1. The van der Waals surface area contributed by atoms with Crippen molar-refractivity contribution in [1.82, 2.24) is 20.4 Å². The van der Waals surface area contributed by atoms with E-state index in [0.717, 1.165) is 11.3 Å². The molecule has 24 heavy (non-hydrogen) atoms. The van der Waals surface area contributed by atoms with Crippen molar-refractivity contribution in [3.8, 4) is 0 Å². The van der Waals surface area contributed by atoms with Gasteiger partial charge in [-0.2, -0.15) is 5.10 Å². The van der Waals surface area contributed by atoms with Crippen molar-refractivity contribution in [3.05, 3.63) is 48.3 Å². The summed E-state index contributed by atoms with van der Waals surface area (Å²) in [6.45, 7) is 0.484. The lowest BCUT2D eigenvalue weighted by Crippen LogP contribution is -2.43. The van der Waals surface area contributed by atoms with E-state index in [1.807, 2.05) is 37.4 Å². The van der Waals surface area contributed by atoms with Gasteiger partial charge in [-0.3, -0.25) is 14.3 Å². The molecule has 3 rings (SSSR count). The van der Waals surface area contributed by atoms with Crippen LogP contribution in [0.25, 0.3) is 0 Å². The van der Waals surface area contributed by atoms with Gasteiger partial charge in [0.05, 0.1) is 12.2 Å². The Labute approximate surface area is 140 Å². The number of likely N-dealkylation sites (N-methyl/N-ethyl adjacent to an activating group) is 1. The predicted octanol–water partition coefficient (Wildman–Crippen LogP) is 0.602. The molecule has 2 unspecified atom stereocenters. The molecule has 2 heterocycles. The monoisotopic (exact) mass is 327 g/mol.